The molecule has 2 heterocycles. The molecule has 0 aliphatic carbocycles. The summed E-state index contributed by atoms with van der Waals surface area (Å²) >= 11 is 4.57. The maximum atomic E-state index is 13.7. The molecular formula is C23H15BrFN3O3S. The van der Waals surface area contributed by atoms with E-state index in [4.69, 9.17) is 9.47 Å². The number of hydrazone groups is 1. The highest BCUT2D eigenvalue weighted by molar-refractivity contribution is 9.10. The molecule has 4 aromatic rings. The minimum absolute atomic E-state index is 0.0413. The SMILES string of the molecule is O=C(C1COc2ccccc2O1)N(/N=C/c1ccc(Br)cc1)c1nc2ccc(F)cc2s1. The number of para-hydroxylation sites is 2. The summed E-state index contributed by atoms with van der Waals surface area (Å²) in [4.78, 5) is 17.9. The summed E-state index contributed by atoms with van der Waals surface area (Å²) in [6, 6.07) is 18.9. The van der Waals surface area contributed by atoms with Crippen LogP contribution in [-0.4, -0.2) is 29.8 Å². The number of anilines is 1. The molecule has 0 saturated carbocycles. The van der Waals surface area contributed by atoms with Crippen molar-refractivity contribution in [3.05, 3.63) is 82.6 Å². The van der Waals surface area contributed by atoms with Crippen LogP contribution in [0.3, 0.4) is 0 Å². The van der Waals surface area contributed by atoms with E-state index in [1.165, 1.54) is 28.5 Å². The molecule has 160 valence electrons. The van der Waals surface area contributed by atoms with E-state index >= 15 is 0 Å². The molecule has 0 spiro atoms. The summed E-state index contributed by atoms with van der Waals surface area (Å²) in [6.07, 6.45) is 0.657. The number of ether oxygens (including phenoxy) is 2. The Balaban J connectivity index is 1.49. The Labute approximate surface area is 195 Å². The van der Waals surface area contributed by atoms with Gasteiger partial charge in [0.25, 0.3) is 5.91 Å². The lowest BCUT2D eigenvalue weighted by Crippen LogP contribution is -2.44. The van der Waals surface area contributed by atoms with Gasteiger partial charge in [0.1, 0.15) is 12.4 Å². The third kappa shape index (κ3) is 4.21. The first-order valence-electron chi connectivity index (χ1n) is 9.65. The second-order valence-electron chi connectivity index (χ2n) is 6.92. The van der Waals surface area contributed by atoms with Crippen molar-refractivity contribution in [2.24, 2.45) is 5.10 Å². The van der Waals surface area contributed by atoms with Crippen LogP contribution in [0.1, 0.15) is 5.56 Å². The van der Waals surface area contributed by atoms with E-state index in [0.717, 1.165) is 10.0 Å². The minimum Gasteiger partial charge on any atom is -0.485 e. The number of hydrogen-bond acceptors (Lipinski definition) is 6. The first kappa shape index (κ1) is 20.6. The van der Waals surface area contributed by atoms with Gasteiger partial charge in [-0.25, -0.2) is 9.37 Å². The van der Waals surface area contributed by atoms with Gasteiger partial charge in [-0.3, -0.25) is 4.79 Å². The lowest BCUT2D eigenvalue weighted by atomic mass is 10.2. The van der Waals surface area contributed by atoms with E-state index in [0.29, 0.717) is 26.8 Å². The number of thiazole rings is 1. The van der Waals surface area contributed by atoms with Gasteiger partial charge in [0, 0.05) is 4.47 Å². The van der Waals surface area contributed by atoms with E-state index in [9.17, 15) is 9.18 Å². The van der Waals surface area contributed by atoms with Crippen LogP contribution in [0.25, 0.3) is 10.2 Å². The summed E-state index contributed by atoms with van der Waals surface area (Å²) in [7, 11) is 0. The summed E-state index contributed by atoms with van der Waals surface area (Å²) in [6.45, 7) is 0.0413. The first-order chi connectivity index (χ1) is 15.6. The lowest BCUT2D eigenvalue weighted by molar-refractivity contribution is -0.127. The Morgan fingerprint density at radius 2 is 1.94 bits per heavy atom. The molecule has 9 heteroatoms. The van der Waals surface area contributed by atoms with Crippen LogP contribution in [0.5, 0.6) is 11.5 Å². The number of rotatable bonds is 4. The van der Waals surface area contributed by atoms with Gasteiger partial charge in [-0.05, 0) is 48.0 Å². The highest BCUT2D eigenvalue weighted by Crippen LogP contribution is 2.34. The number of halogens is 2. The number of nitrogens with zero attached hydrogens (tertiary/aromatic N) is 3. The zero-order valence-corrected chi connectivity index (χ0v) is 18.8. The predicted octanol–water partition coefficient (Wildman–Crippen LogP) is 5.41. The van der Waals surface area contributed by atoms with Crippen molar-refractivity contribution in [3.8, 4) is 11.5 Å². The average molecular weight is 512 g/mol. The minimum atomic E-state index is -0.907. The predicted molar refractivity (Wildman–Crippen MR) is 125 cm³/mol. The highest BCUT2D eigenvalue weighted by Gasteiger charge is 2.33. The van der Waals surface area contributed by atoms with Gasteiger partial charge in [-0.1, -0.05) is 51.5 Å². The second-order valence-corrected chi connectivity index (χ2v) is 8.84. The molecule has 3 aromatic carbocycles. The van der Waals surface area contributed by atoms with E-state index in [-0.39, 0.29) is 12.4 Å². The van der Waals surface area contributed by atoms with Crippen LogP contribution in [0.15, 0.2) is 76.3 Å². The number of carbonyl (C=O) groups excluding carboxylic acids is 1. The molecule has 1 aliphatic rings. The zero-order chi connectivity index (χ0) is 22.1. The molecule has 0 radical (unpaired) electrons. The van der Waals surface area contributed by atoms with Crippen molar-refractivity contribution in [2.45, 2.75) is 6.10 Å². The number of fused-ring (bicyclic) bond motifs is 2. The number of benzene rings is 3. The molecule has 1 aliphatic heterocycles. The molecule has 1 aromatic heterocycles. The standard InChI is InChI=1S/C23H15BrFN3O3S/c24-15-7-5-14(6-8-15)12-26-28(23-27-17-10-9-16(25)11-21(17)32-23)22(29)20-13-30-18-3-1-2-4-19(18)31-20/h1-12,20H,13H2/b26-12+. The van der Waals surface area contributed by atoms with Crippen LogP contribution in [0.4, 0.5) is 9.52 Å². The Hall–Kier alpha value is -3.30. The fraction of sp³-hybridized carbons (Fsp3) is 0.0870. The number of carbonyl (C=O) groups is 1. The molecule has 6 nitrogen and oxygen atoms in total. The summed E-state index contributed by atoms with van der Waals surface area (Å²) in [5.74, 6) is 0.259. The molecule has 0 bridgehead atoms. The van der Waals surface area contributed by atoms with E-state index < -0.39 is 12.0 Å². The van der Waals surface area contributed by atoms with Crippen LogP contribution in [0, 0.1) is 5.82 Å². The first-order valence-corrected chi connectivity index (χ1v) is 11.3. The van der Waals surface area contributed by atoms with E-state index in [2.05, 4.69) is 26.0 Å². The molecule has 1 amide bonds. The molecule has 0 saturated heterocycles. The number of amides is 1. The van der Waals surface area contributed by atoms with Crippen molar-refractivity contribution < 1.29 is 18.7 Å². The molecule has 0 N–H and O–H groups in total. The topological polar surface area (TPSA) is 64.0 Å². The fourth-order valence-corrected chi connectivity index (χ4v) is 4.35. The Morgan fingerprint density at radius 1 is 1.16 bits per heavy atom. The maximum absolute atomic E-state index is 13.7. The van der Waals surface area contributed by atoms with Gasteiger partial charge in [-0.15, -0.1) is 0 Å². The summed E-state index contributed by atoms with van der Waals surface area (Å²) in [5, 5.41) is 5.90. The smallest absolute Gasteiger partial charge is 0.294 e. The second kappa shape index (κ2) is 8.68. The Kier molecular flexibility index (Phi) is 5.59. The van der Waals surface area contributed by atoms with Crippen LogP contribution < -0.4 is 14.5 Å². The molecule has 1 unspecified atom stereocenters. The lowest BCUT2D eigenvalue weighted by Gasteiger charge is -2.27. The van der Waals surface area contributed by atoms with Gasteiger partial charge in [0.15, 0.2) is 11.5 Å². The van der Waals surface area contributed by atoms with Crippen molar-refractivity contribution in [3.63, 3.8) is 0 Å². The monoisotopic (exact) mass is 511 g/mol. The van der Waals surface area contributed by atoms with Crippen molar-refractivity contribution in [1.29, 1.82) is 0 Å². The van der Waals surface area contributed by atoms with Crippen LogP contribution >= 0.6 is 27.3 Å². The highest BCUT2D eigenvalue weighted by atomic mass is 79.9. The average Bonchev–Trinajstić information content (AvgIpc) is 3.22. The molecule has 32 heavy (non-hydrogen) atoms. The fourth-order valence-electron chi connectivity index (χ4n) is 3.13. The summed E-state index contributed by atoms with van der Waals surface area (Å²) in [5.41, 5.74) is 1.37. The Bertz CT molecular complexity index is 1330. The summed E-state index contributed by atoms with van der Waals surface area (Å²) < 4.78 is 26.8. The van der Waals surface area contributed by atoms with Crippen molar-refractivity contribution >= 4 is 54.7 Å². The van der Waals surface area contributed by atoms with E-state index in [1.54, 1.807) is 30.5 Å². The van der Waals surface area contributed by atoms with Crippen LogP contribution in [0.2, 0.25) is 0 Å². The van der Waals surface area contributed by atoms with Gasteiger partial charge in [0.2, 0.25) is 11.2 Å². The largest absolute Gasteiger partial charge is 0.485 e. The molecule has 1 atom stereocenters. The molecule has 5 rings (SSSR count). The van der Waals surface area contributed by atoms with E-state index in [1.807, 2.05) is 30.3 Å². The molecule has 0 fully saturated rings. The van der Waals surface area contributed by atoms with Crippen molar-refractivity contribution in [2.75, 3.05) is 11.6 Å². The third-order valence-electron chi connectivity index (χ3n) is 4.71. The van der Waals surface area contributed by atoms with Gasteiger partial charge in [0.05, 0.1) is 16.4 Å². The van der Waals surface area contributed by atoms with Gasteiger partial charge >= 0.3 is 0 Å². The van der Waals surface area contributed by atoms with Crippen molar-refractivity contribution in [1.82, 2.24) is 4.98 Å². The zero-order valence-electron chi connectivity index (χ0n) is 16.4. The maximum Gasteiger partial charge on any atom is 0.294 e. The third-order valence-corrected chi connectivity index (χ3v) is 6.23. The molecular weight excluding hydrogens is 497 g/mol. The van der Waals surface area contributed by atoms with Gasteiger partial charge in [-0.2, -0.15) is 10.1 Å². The normalized spacial score (nSPS) is 15.2. The van der Waals surface area contributed by atoms with Crippen LogP contribution in [-0.2, 0) is 4.79 Å². The number of hydrogen-bond donors (Lipinski definition) is 0. The Morgan fingerprint density at radius 3 is 2.75 bits per heavy atom. The number of aromatic nitrogens is 1. The quantitative estimate of drug-likeness (QED) is 0.271. The van der Waals surface area contributed by atoms with Gasteiger partial charge < -0.3 is 9.47 Å².